The number of aromatic nitrogens is 4. The van der Waals surface area contributed by atoms with Gasteiger partial charge >= 0.3 is 5.97 Å². The van der Waals surface area contributed by atoms with E-state index in [9.17, 15) is 13.2 Å². The van der Waals surface area contributed by atoms with Crippen molar-refractivity contribution in [1.82, 2.24) is 24.3 Å². The molecule has 0 atom stereocenters. The second-order valence-corrected chi connectivity index (χ2v) is 5.85. The van der Waals surface area contributed by atoms with Gasteiger partial charge in [-0.1, -0.05) is 5.21 Å². The molecule has 0 aliphatic carbocycles. The van der Waals surface area contributed by atoms with Crippen LogP contribution in [0.3, 0.4) is 0 Å². The van der Waals surface area contributed by atoms with Gasteiger partial charge in [0.1, 0.15) is 0 Å². The van der Waals surface area contributed by atoms with Crippen LogP contribution in [0.2, 0.25) is 0 Å². The fraction of sp³-hybridized carbons (Fsp3) is 0.300. The molecule has 108 valence electrons. The van der Waals surface area contributed by atoms with Crippen molar-refractivity contribution >= 4 is 16.0 Å². The van der Waals surface area contributed by atoms with Gasteiger partial charge in [-0.05, 0) is 6.07 Å². The molecule has 2 rings (SSSR count). The molecule has 2 aromatic rings. The van der Waals surface area contributed by atoms with E-state index in [1.165, 1.54) is 23.1 Å². The van der Waals surface area contributed by atoms with Crippen LogP contribution < -0.4 is 4.72 Å². The van der Waals surface area contributed by atoms with E-state index in [1.807, 2.05) is 0 Å². The summed E-state index contributed by atoms with van der Waals surface area (Å²) in [6.07, 6.45) is 4.35. The molecule has 0 fully saturated rings. The number of hydrogen-bond donors (Lipinski definition) is 2. The number of aromatic carboxylic acids is 1. The molecular formula is C10H13N5O4S. The van der Waals surface area contributed by atoms with Gasteiger partial charge in [-0.3, -0.25) is 4.68 Å². The fourth-order valence-corrected chi connectivity index (χ4v) is 2.59. The second kappa shape index (κ2) is 5.43. The molecule has 0 amide bonds. The summed E-state index contributed by atoms with van der Waals surface area (Å²) in [5.41, 5.74) is -0.184. The SMILES string of the molecule is Cn1ccc(S(=O)(=O)NCCn2cc(C(=O)O)nn2)c1. The average molecular weight is 299 g/mol. The lowest BCUT2D eigenvalue weighted by atomic mass is 10.5. The summed E-state index contributed by atoms with van der Waals surface area (Å²) < 4.78 is 29.1. The number of nitrogens with zero attached hydrogens (tertiary/aromatic N) is 4. The van der Waals surface area contributed by atoms with Crippen molar-refractivity contribution in [1.29, 1.82) is 0 Å². The highest BCUT2D eigenvalue weighted by atomic mass is 32.2. The quantitative estimate of drug-likeness (QED) is 0.727. The van der Waals surface area contributed by atoms with Crippen molar-refractivity contribution in [3.05, 3.63) is 30.4 Å². The predicted octanol–water partition coefficient (Wildman–Crippen LogP) is -0.707. The lowest BCUT2D eigenvalue weighted by Gasteiger charge is -2.04. The van der Waals surface area contributed by atoms with Crippen molar-refractivity contribution in [2.24, 2.45) is 7.05 Å². The third-order valence-corrected chi connectivity index (χ3v) is 3.95. The zero-order chi connectivity index (χ0) is 14.8. The van der Waals surface area contributed by atoms with Gasteiger partial charge in [0.15, 0.2) is 5.69 Å². The zero-order valence-corrected chi connectivity index (χ0v) is 11.4. The molecule has 9 nitrogen and oxygen atoms in total. The molecule has 0 saturated carbocycles. The van der Waals surface area contributed by atoms with Crippen molar-refractivity contribution in [2.45, 2.75) is 11.4 Å². The Morgan fingerprint density at radius 1 is 1.45 bits per heavy atom. The standard InChI is InChI=1S/C10H13N5O4S/c1-14-4-2-8(6-14)20(18,19)11-3-5-15-7-9(10(16)17)12-13-15/h2,4,6-7,11H,3,5H2,1H3,(H,16,17). The normalized spacial score (nSPS) is 11.7. The van der Waals surface area contributed by atoms with Crippen molar-refractivity contribution in [3.63, 3.8) is 0 Å². The average Bonchev–Trinajstić information content (AvgIpc) is 2.98. The summed E-state index contributed by atoms with van der Waals surface area (Å²) >= 11 is 0. The van der Waals surface area contributed by atoms with Crippen LogP contribution in [0.15, 0.2) is 29.6 Å². The topological polar surface area (TPSA) is 119 Å². The molecule has 2 aromatic heterocycles. The molecule has 0 bridgehead atoms. The molecule has 0 saturated heterocycles. The minimum absolute atomic E-state index is 0.0830. The van der Waals surface area contributed by atoms with Gasteiger partial charge < -0.3 is 9.67 Å². The summed E-state index contributed by atoms with van der Waals surface area (Å²) in [6.45, 7) is 0.270. The number of carboxylic acids is 1. The summed E-state index contributed by atoms with van der Waals surface area (Å²) in [4.78, 5) is 10.8. The number of carboxylic acid groups (broad SMARTS) is 1. The van der Waals surface area contributed by atoms with Gasteiger partial charge in [-0.25, -0.2) is 17.9 Å². The molecule has 0 aromatic carbocycles. The molecule has 0 radical (unpaired) electrons. The van der Waals surface area contributed by atoms with E-state index in [0.717, 1.165) is 0 Å². The van der Waals surface area contributed by atoms with E-state index in [-0.39, 0.29) is 23.7 Å². The number of carbonyl (C=O) groups is 1. The number of hydrogen-bond acceptors (Lipinski definition) is 5. The Hall–Kier alpha value is -2.20. The fourth-order valence-electron chi connectivity index (χ4n) is 1.52. The van der Waals surface area contributed by atoms with Crippen LogP contribution in [0.5, 0.6) is 0 Å². The van der Waals surface area contributed by atoms with Gasteiger partial charge in [-0.15, -0.1) is 5.10 Å². The monoisotopic (exact) mass is 299 g/mol. The smallest absolute Gasteiger partial charge is 0.358 e. The maximum absolute atomic E-state index is 11.9. The molecule has 10 heteroatoms. The first-order chi connectivity index (χ1) is 9.38. The summed E-state index contributed by atoms with van der Waals surface area (Å²) in [5, 5.41) is 15.7. The molecule has 0 spiro atoms. The van der Waals surface area contributed by atoms with Crippen LogP contribution in [0.25, 0.3) is 0 Å². The first-order valence-electron chi connectivity index (χ1n) is 5.63. The molecule has 0 aliphatic rings. The minimum Gasteiger partial charge on any atom is -0.476 e. The Labute approximate surface area is 114 Å². The van der Waals surface area contributed by atoms with E-state index in [4.69, 9.17) is 5.11 Å². The Morgan fingerprint density at radius 3 is 2.75 bits per heavy atom. The van der Waals surface area contributed by atoms with Crippen LogP contribution >= 0.6 is 0 Å². The largest absolute Gasteiger partial charge is 0.476 e. The van der Waals surface area contributed by atoms with Crippen LogP contribution in [0, 0.1) is 0 Å². The number of nitrogens with one attached hydrogen (secondary N) is 1. The van der Waals surface area contributed by atoms with E-state index in [0.29, 0.717) is 0 Å². The third kappa shape index (κ3) is 3.22. The lowest BCUT2D eigenvalue weighted by molar-refractivity contribution is 0.0690. The van der Waals surface area contributed by atoms with Gasteiger partial charge in [0.25, 0.3) is 0 Å². The molecule has 0 unspecified atom stereocenters. The van der Waals surface area contributed by atoms with E-state index in [1.54, 1.807) is 17.8 Å². The molecular weight excluding hydrogens is 286 g/mol. The van der Waals surface area contributed by atoms with Gasteiger partial charge in [0.2, 0.25) is 10.0 Å². The molecule has 2 N–H and O–H groups in total. The molecule has 20 heavy (non-hydrogen) atoms. The van der Waals surface area contributed by atoms with Crippen molar-refractivity contribution < 1.29 is 18.3 Å². The van der Waals surface area contributed by atoms with Crippen LogP contribution in [-0.4, -0.2) is 45.6 Å². The van der Waals surface area contributed by atoms with E-state index >= 15 is 0 Å². The molecule has 2 heterocycles. The number of rotatable bonds is 6. The van der Waals surface area contributed by atoms with E-state index < -0.39 is 16.0 Å². The van der Waals surface area contributed by atoms with Crippen LogP contribution in [0.1, 0.15) is 10.5 Å². The van der Waals surface area contributed by atoms with Crippen molar-refractivity contribution in [3.8, 4) is 0 Å². The Balaban J connectivity index is 1.93. The third-order valence-electron chi connectivity index (χ3n) is 2.51. The minimum atomic E-state index is -3.57. The van der Waals surface area contributed by atoms with Gasteiger partial charge in [-0.2, -0.15) is 0 Å². The summed E-state index contributed by atoms with van der Waals surface area (Å²) in [5.74, 6) is -1.18. The van der Waals surface area contributed by atoms with Crippen LogP contribution in [0.4, 0.5) is 0 Å². The predicted molar refractivity (Wildman–Crippen MR) is 67.6 cm³/mol. The lowest BCUT2D eigenvalue weighted by Crippen LogP contribution is -2.27. The Kier molecular flexibility index (Phi) is 3.86. The first-order valence-corrected chi connectivity index (χ1v) is 7.12. The highest BCUT2D eigenvalue weighted by Gasteiger charge is 2.14. The first kappa shape index (κ1) is 14.2. The highest BCUT2D eigenvalue weighted by molar-refractivity contribution is 7.89. The van der Waals surface area contributed by atoms with Crippen molar-refractivity contribution in [2.75, 3.05) is 6.54 Å². The number of aryl methyl sites for hydroxylation is 1. The molecule has 0 aliphatic heterocycles. The van der Waals surface area contributed by atoms with E-state index in [2.05, 4.69) is 15.0 Å². The van der Waals surface area contributed by atoms with Gasteiger partial charge in [0.05, 0.1) is 17.6 Å². The maximum atomic E-state index is 11.9. The second-order valence-electron chi connectivity index (χ2n) is 4.08. The van der Waals surface area contributed by atoms with Crippen LogP contribution in [-0.2, 0) is 23.6 Å². The Morgan fingerprint density at radius 2 is 2.20 bits per heavy atom. The zero-order valence-electron chi connectivity index (χ0n) is 10.6. The highest BCUT2D eigenvalue weighted by Crippen LogP contribution is 2.07. The van der Waals surface area contributed by atoms with Gasteiger partial charge in [0, 0.05) is 26.0 Å². The Bertz CT molecular complexity index is 718. The maximum Gasteiger partial charge on any atom is 0.358 e. The summed E-state index contributed by atoms with van der Waals surface area (Å²) in [7, 11) is -1.84. The number of sulfonamides is 1. The summed E-state index contributed by atoms with van der Waals surface area (Å²) in [6, 6.07) is 1.49.